The van der Waals surface area contributed by atoms with Crippen LogP contribution in [0, 0.1) is 13.8 Å². The van der Waals surface area contributed by atoms with Crippen molar-refractivity contribution in [1.29, 1.82) is 0 Å². The number of amides is 2. The minimum Gasteiger partial charge on any atom is -0.497 e. The van der Waals surface area contributed by atoms with Crippen LogP contribution >= 0.6 is 0 Å². The molecule has 2 aliphatic heterocycles. The number of quaternary nitrogens is 1. The predicted molar refractivity (Wildman–Crippen MR) is 116 cm³/mol. The summed E-state index contributed by atoms with van der Waals surface area (Å²) in [5.41, 5.74) is 4.48. The van der Waals surface area contributed by atoms with Crippen molar-refractivity contribution >= 4 is 11.7 Å². The molecule has 2 fully saturated rings. The van der Waals surface area contributed by atoms with Crippen molar-refractivity contribution in [3.8, 4) is 5.75 Å². The summed E-state index contributed by atoms with van der Waals surface area (Å²) in [5.74, 6) is 0.907. The molecule has 29 heavy (non-hydrogen) atoms. The lowest BCUT2D eigenvalue weighted by atomic mass is 9.96. The number of hydrogen-bond acceptors (Lipinski definition) is 2. The Morgan fingerprint density at radius 1 is 1.03 bits per heavy atom. The summed E-state index contributed by atoms with van der Waals surface area (Å²) in [6, 6.07) is 16.0. The quantitative estimate of drug-likeness (QED) is 0.729. The van der Waals surface area contributed by atoms with Crippen LogP contribution in [0.3, 0.4) is 0 Å². The summed E-state index contributed by atoms with van der Waals surface area (Å²) in [4.78, 5) is 14.3. The Balaban J connectivity index is 1.34. The molecule has 154 valence electrons. The van der Waals surface area contributed by atoms with Gasteiger partial charge < -0.3 is 20.3 Å². The van der Waals surface area contributed by atoms with E-state index < -0.39 is 0 Å². The molecule has 0 aliphatic carbocycles. The number of hydrogen-bond donors (Lipinski definition) is 3. The number of nitrogens with one attached hydrogen (secondary N) is 3. The maximum atomic E-state index is 12.6. The van der Waals surface area contributed by atoms with Crippen LogP contribution < -0.4 is 20.3 Å². The molecule has 0 spiro atoms. The molecule has 4 atom stereocenters. The van der Waals surface area contributed by atoms with Gasteiger partial charge in [0.05, 0.1) is 19.2 Å². The molecular formula is C24H32N3O2+. The molecule has 2 aromatic carbocycles. The molecule has 0 radical (unpaired) electrons. The molecule has 2 bridgehead atoms. The van der Waals surface area contributed by atoms with Gasteiger partial charge in [-0.3, -0.25) is 0 Å². The molecule has 2 amide bonds. The summed E-state index contributed by atoms with van der Waals surface area (Å²) in [6.45, 7) is 5.12. The third-order valence-electron chi connectivity index (χ3n) is 6.67. The largest absolute Gasteiger partial charge is 0.497 e. The smallest absolute Gasteiger partial charge is 0.319 e. The fraction of sp³-hybridized carbons (Fsp3) is 0.458. The number of fused-ring (bicyclic) bond motifs is 2. The minimum atomic E-state index is -0.0783. The maximum absolute atomic E-state index is 12.6. The Hall–Kier alpha value is -2.53. The minimum absolute atomic E-state index is 0.0783. The van der Waals surface area contributed by atoms with Crippen molar-refractivity contribution in [2.24, 2.45) is 0 Å². The van der Waals surface area contributed by atoms with E-state index in [1.807, 2.05) is 44.2 Å². The van der Waals surface area contributed by atoms with Crippen LogP contribution in [0.25, 0.3) is 0 Å². The number of carbonyl (C=O) groups excluding carboxylic acids is 1. The van der Waals surface area contributed by atoms with Crippen LogP contribution in [0.1, 0.15) is 42.4 Å². The van der Waals surface area contributed by atoms with Crippen molar-refractivity contribution in [3.05, 3.63) is 59.2 Å². The lowest BCUT2D eigenvalue weighted by Crippen LogP contribution is -3.17. The van der Waals surface area contributed by atoms with Gasteiger partial charge in [0, 0.05) is 43.0 Å². The number of rotatable bonds is 5. The predicted octanol–water partition coefficient (Wildman–Crippen LogP) is 3.21. The number of ether oxygens (including phenoxy) is 1. The van der Waals surface area contributed by atoms with Crippen LogP contribution in [-0.2, 0) is 6.54 Å². The maximum Gasteiger partial charge on any atom is 0.319 e. The zero-order chi connectivity index (χ0) is 20.4. The number of anilines is 1. The van der Waals surface area contributed by atoms with Gasteiger partial charge in [-0.05, 0) is 49.2 Å². The van der Waals surface area contributed by atoms with Gasteiger partial charge in [-0.2, -0.15) is 0 Å². The third kappa shape index (κ3) is 4.40. The standard InChI is InChI=1S/C24H31N3O2/c1-16-5-4-6-17(2)23(16)26-24(28)25-19-13-20-9-10-21(14-19)27(20)15-18-7-11-22(29-3)12-8-18/h4-8,11-12,19-21H,9-10,13-15H2,1-3H3,(H2,25,26,28)/p+1/t19?,20-,21+. The average molecular weight is 395 g/mol. The van der Waals surface area contributed by atoms with E-state index in [2.05, 4.69) is 22.8 Å². The van der Waals surface area contributed by atoms with Crippen LogP contribution in [0.15, 0.2) is 42.5 Å². The van der Waals surface area contributed by atoms with E-state index in [4.69, 9.17) is 4.74 Å². The zero-order valence-electron chi connectivity index (χ0n) is 17.6. The molecule has 2 heterocycles. The summed E-state index contributed by atoms with van der Waals surface area (Å²) in [7, 11) is 1.70. The van der Waals surface area contributed by atoms with Gasteiger partial charge in [-0.1, -0.05) is 18.2 Å². The highest BCUT2D eigenvalue weighted by Gasteiger charge is 2.44. The zero-order valence-corrected chi connectivity index (χ0v) is 17.6. The average Bonchev–Trinajstić information content (AvgIpc) is 2.94. The number of aryl methyl sites for hydroxylation is 2. The molecular weight excluding hydrogens is 362 g/mol. The van der Waals surface area contributed by atoms with E-state index in [-0.39, 0.29) is 12.1 Å². The van der Waals surface area contributed by atoms with Gasteiger partial charge in [-0.25, -0.2) is 4.79 Å². The second-order valence-electron chi connectivity index (χ2n) is 8.60. The van der Waals surface area contributed by atoms with E-state index in [0.717, 1.165) is 42.0 Å². The molecule has 2 aliphatic rings. The Bertz CT molecular complexity index is 831. The number of benzene rings is 2. The molecule has 2 unspecified atom stereocenters. The summed E-state index contributed by atoms with van der Waals surface area (Å²) in [6.07, 6.45) is 4.63. The van der Waals surface area contributed by atoms with Crippen LogP contribution in [-0.4, -0.2) is 31.3 Å². The summed E-state index contributed by atoms with van der Waals surface area (Å²) < 4.78 is 5.27. The Kier molecular flexibility index (Phi) is 5.76. The number of piperidine rings is 1. The van der Waals surface area contributed by atoms with Gasteiger partial charge in [0.1, 0.15) is 12.3 Å². The highest BCUT2D eigenvalue weighted by molar-refractivity contribution is 5.91. The molecule has 4 rings (SSSR count). The van der Waals surface area contributed by atoms with Crippen molar-refractivity contribution in [1.82, 2.24) is 5.32 Å². The number of carbonyl (C=O) groups is 1. The summed E-state index contributed by atoms with van der Waals surface area (Å²) in [5, 5.41) is 6.31. The van der Waals surface area contributed by atoms with Crippen LogP contribution in [0.5, 0.6) is 5.75 Å². The summed E-state index contributed by atoms with van der Waals surface area (Å²) >= 11 is 0. The molecule has 2 saturated heterocycles. The van der Waals surface area contributed by atoms with Gasteiger partial charge in [0.25, 0.3) is 0 Å². The molecule has 5 heteroatoms. The highest BCUT2D eigenvalue weighted by Crippen LogP contribution is 2.24. The van der Waals surface area contributed by atoms with Crippen molar-refractivity contribution in [3.63, 3.8) is 0 Å². The number of methoxy groups -OCH3 is 1. The second-order valence-corrected chi connectivity index (χ2v) is 8.60. The first-order valence-corrected chi connectivity index (χ1v) is 10.7. The van der Waals surface area contributed by atoms with Gasteiger partial charge >= 0.3 is 6.03 Å². The second kappa shape index (κ2) is 8.46. The van der Waals surface area contributed by atoms with E-state index in [9.17, 15) is 4.79 Å². The first-order valence-electron chi connectivity index (χ1n) is 10.7. The first kappa shape index (κ1) is 19.8. The van der Waals surface area contributed by atoms with Crippen LogP contribution in [0.2, 0.25) is 0 Å². The van der Waals surface area contributed by atoms with Gasteiger partial charge in [0.2, 0.25) is 0 Å². The van der Waals surface area contributed by atoms with E-state index in [1.54, 1.807) is 12.0 Å². The molecule has 2 aromatic rings. The number of urea groups is 1. The fourth-order valence-corrected chi connectivity index (χ4v) is 5.16. The number of para-hydroxylation sites is 1. The first-order chi connectivity index (χ1) is 14.0. The van der Waals surface area contributed by atoms with Crippen LogP contribution in [0.4, 0.5) is 10.5 Å². The van der Waals surface area contributed by atoms with Crippen molar-refractivity contribution in [2.75, 3.05) is 12.4 Å². The SMILES string of the molecule is COc1ccc(C[NH+]2[C@@H]3CC[C@H]2CC(NC(=O)Nc2c(C)cccc2C)C3)cc1. The van der Waals surface area contributed by atoms with E-state index in [1.165, 1.54) is 18.4 Å². The molecule has 3 N–H and O–H groups in total. The Morgan fingerprint density at radius 3 is 2.24 bits per heavy atom. The lowest BCUT2D eigenvalue weighted by molar-refractivity contribution is -0.954. The molecule has 0 saturated carbocycles. The topological polar surface area (TPSA) is 54.8 Å². The Labute approximate surface area is 173 Å². The van der Waals surface area contributed by atoms with E-state index in [0.29, 0.717) is 12.1 Å². The lowest BCUT2D eigenvalue weighted by Gasteiger charge is -2.36. The third-order valence-corrected chi connectivity index (χ3v) is 6.67. The van der Waals surface area contributed by atoms with Crippen molar-refractivity contribution in [2.45, 2.75) is 64.2 Å². The Morgan fingerprint density at radius 2 is 1.66 bits per heavy atom. The highest BCUT2D eigenvalue weighted by atomic mass is 16.5. The van der Waals surface area contributed by atoms with E-state index >= 15 is 0 Å². The monoisotopic (exact) mass is 394 g/mol. The van der Waals surface area contributed by atoms with Gasteiger partial charge in [-0.15, -0.1) is 0 Å². The molecule has 5 nitrogen and oxygen atoms in total. The fourth-order valence-electron chi connectivity index (χ4n) is 5.16. The van der Waals surface area contributed by atoms with Crippen molar-refractivity contribution < 1.29 is 14.4 Å². The molecule has 0 aromatic heterocycles. The van der Waals surface area contributed by atoms with Gasteiger partial charge in [0.15, 0.2) is 0 Å². The normalized spacial score (nSPS) is 25.5.